The number of phenols is 2. The van der Waals surface area contributed by atoms with Crippen LogP contribution in [0.2, 0.25) is 0 Å². The largest absolute Gasteiger partial charge is 0.507 e. The first-order chi connectivity index (χ1) is 10.5. The van der Waals surface area contributed by atoms with Crippen LogP contribution in [0.3, 0.4) is 0 Å². The summed E-state index contributed by atoms with van der Waals surface area (Å²) in [5.41, 5.74) is 3.79. The Morgan fingerprint density at radius 2 is 1.09 bits per heavy atom. The minimum atomic E-state index is 0.212. The third-order valence-electron chi connectivity index (χ3n) is 4.69. The monoisotopic (exact) mass is 298 g/mol. The maximum absolute atomic E-state index is 10.2. The highest BCUT2D eigenvalue weighted by atomic mass is 16.3. The molecule has 0 aliphatic heterocycles. The Balaban J connectivity index is 2.55. The van der Waals surface area contributed by atoms with Crippen molar-refractivity contribution in [3.63, 3.8) is 0 Å². The van der Waals surface area contributed by atoms with E-state index in [2.05, 4.69) is 27.7 Å². The fraction of sp³-hybridized carbons (Fsp3) is 0.400. The lowest BCUT2D eigenvalue weighted by molar-refractivity contribution is 0.468. The molecule has 0 amide bonds. The molecule has 0 saturated carbocycles. The van der Waals surface area contributed by atoms with Gasteiger partial charge in [0, 0.05) is 11.1 Å². The van der Waals surface area contributed by atoms with Crippen molar-refractivity contribution >= 4 is 0 Å². The molecule has 0 heterocycles. The van der Waals surface area contributed by atoms with Gasteiger partial charge in [-0.15, -0.1) is 0 Å². The molecule has 2 N–H and O–H groups in total. The Labute approximate surface area is 133 Å². The van der Waals surface area contributed by atoms with Gasteiger partial charge in [-0.05, 0) is 60.1 Å². The van der Waals surface area contributed by atoms with Gasteiger partial charge in [0.15, 0.2) is 0 Å². The lowest BCUT2D eigenvalue weighted by atomic mass is 9.91. The maximum atomic E-state index is 10.2. The first kappa shape index (κ1) is 16.4. The molecular weight excluding hydrogens is 272 g/mol. The van der Waals surface area contributed by atoms with Crippen molar-refractivity contribution in [2.24, 2.45) is 0 Å². The van der Waals surface area contributed by atoms with E-state index in [1.807, 2.05) is 24.3 Å². The molecule has 2 atom stereocenters. The van der Waals surface area contributed by atoms with Crippen molar-refractivity contribution < 1.29 is 10.2 Å². The Morgan fingerprint density at radius 3 is 1.41 bits per heavy atom. The zero-order valence-corrected chi connectivity index (χ0v) is 13.9. The fourth-order valence-corrected chi connectivity index (χ4v) is 2.62. The van der Waals surface area contributed by atoms with Crippen molar-refractivity contribution in [1.82, 2.24) is 0 Å². The Kier molecular flexibility index (Phi) is 5.12. The van der Waals surface area contributed by atoms with Crippen LogP contribution in [0.4, 0.5) is 0 Å². The van der Waals surface area contributed by atoms with E-state index in [0.717, 1.165) is 12.8 Å². The summed E-state index contributed by atoms with van der Waals surface area (Å²) in [6, 6.07) is 11.4. The van der Waals surface area contributed by atoms with Crippen LogP contribution < -0.4 is 0 Å². The predicted molar refractivity (Wildman–Crippen MR) is 92.6 cm³/mol. The smallest absolute Gasteiger partial charge is 0.123 e. The molecular formula is C20H26O2. The standard InChI is InChI=1S/C20H26O2/c1-5-13(3)15-7-9-19(21)17(11-15)18-12-16(14(4)6-2)8-10-20(18)22/h7-14,21-22H,5-6H2,1-4H3. The molecule has 2 nitrogen and oxygen atoms in total. The van der Waals surface area contributed by atoms with Crippen molar-refractivity contribution in [3.05, 3.63) is 47.5 Å². The lowest BCUT2D eigenvalue weighted by Gasteiger charge is -2.16. The molecule has 0 aliphatic carbocycles. The maximum Gasteiger partial charge on any atom is 0.123 e. The van der Waals surface area contributed by atoms with Gasteiger partial charge in [0.1, 0.15) is 11.5 Å². The van der Waals surface area contributed by atoms with E-state index in [1.165, 1.54) is 11.1 Å². The molecule has 2 heteroatoms. The van der Waals surface area contributed by atoms with E-state index in [4.69, 9.17) is 0 Å². The normalized spacial score (nSPS) is 13.8. The summed E-state index contributed by atoms with van der Waals surface area (Å²) in [6.45, 7) is 8.65. The van der Waals surface area contributed by atoms with Gasteiger partial charge in [-0.1, -0.05) is 39.8 Å². The number of hydrogen-bond acceptors (Lipinski definition) is 2. The average Bonchev–Trinajstić information content (AvgIpc) is 2.54. The zero-order chi connectivity index (χ0) is 16.3. The molecule has 118 valence electrons. The molecule has 2 unspecified atom stereocenters. The number of benzene rings is 2. The van der Waals surface area contributed by atoms with Gasteiger partial charge in [0.05, 0.1) is 0 Å². The summed E-state index contributed by atoms with van der Waals surface area (Å²) < 4.78 is 0. The molecule has 0 radical (unpaired) electrons. The van der Waals surface area contributed by atoms with Gasteiger partial charge >= 0.3 is 0 Å². The van der Waals surface area contributed by atoms with E-state index in [0.29, 0.717) is 23.0 Å². The topological polar surface area (TPSA) is 40.5 Å². The van der Waals surface area contributed by atoms with Gasteiger partial charge in [0.25, 0.3) is 0 Å². The molecule has 0 bridgehead atoms. The first-order valence-electron chi connectivity index (χ1n) is 8.14. The van der Waals surface area contributed by atoms with E-state index < -0.39 is 0 Å². The molecule has 0 aromatic heterocycles. The summed E-state index contributed by atoms with van der Waals surface area (Å²) in [6.07, 6.45) is 2.09. The fourth-order valence-electron chi connectivity index (χ4n) is 2.62. The molecule has 0 aliphatic rings. The predicted octanol–water partition coefficient (Wildman–Crippen LogP) is 5.79. The van der Waals surface area contributed by atoms with Crippen LogP contribution >= 0.6 is 0 Å². The summed E-state index contributed by atoms with van der Waals surface area (Å²) >= 11 is 0. The van der Waals surface area contributed by atoms with Crippen LogP contribution in [0.1, 0.15) is 63.5 Å². The summed E-state index contributed by atoms with van der Waals surface area (Å²) in [5.74, 6) is 1.28. The van der Waals surface area contributed by atoms with Crippen LogP contribution in [-0.4, -0.2) is 10.2 Å². The first-order valence-corrected chi connectivity index (χ1v) is 8.14. The quantitative estimate of drug-likeness (QED) is 0.733. The van der Waals surface area contributed by atoms with Crippen molar-refractivity contribution in [1.29, 1.82) is 0 Å². The van der Waals surface area contributed by atoms with Crippen LogP contribution in [0.25, 0.3) is 11.1 Å². The average molecular weight is 298 g/mol. The molecule has 0 spiro atoms. The highest BCUT2D eigenvalue weighted by molar-refractivity contribution is 5.76. The molecule has 22 heavy (non-hydrogen) atoms. The van der Waals surface area contributed by atoms with E-state index in [-0.39, 0.29) is 11.5 Å². The van der Waals surface area contributed by atoms with Crippen molar-refractivity contribution in [3.8, 4) is 22.6 Å². The third kappa shape index (κ3) is 3.27. The van der Waals surface area contributed by atoms with Crippen molar-refractivity contribution in [2.45, 2.75) is 52.4 Å². The minimum Gasteiger partial charge on any atom is -0.507 e. The third-order valence-corrected chi connectivity index (χ3v) is 4.69. The van der Waals surface area contributed by atoms with E-state index in [9.17, 15) is 10.2 Å². The van der Waals surface area contributed by atoms with Gasteiger partial charge in [-0.3, -0.25) is 0 Å². The highest BCUT2D eigenvalue weighted by Gasteiger charge is 2.14. The van der Waals surface area contributed by atoms with Gasteiger partial charge in [-0.2, -0.15) is 0 Å². The minimum absolute atomic E-state index is 0.212. The second kappa shape index (κ2) is 6.87. The van der Waals surface area contributed by atoms with E-state index in [1.54, 1.807) is 12.1 Å². The zero-order valence-electron chi connectivity index (χ0n) is 13.9. The summed E-state index contributed by atoms with van der Waals surface area (Å²) in [5, 5.41) is 20.5. The summed E-state index contributed by atoms with van der Waals surface area (Å²) in [4.78, 5) is 0. The molecule has 2 aromatic carbocycles. The second-order valence-corrected chi connectivity index (χ2v) is 6.17. The number of rotatable bonds is 5. The van der Waals surface area contributed by atoms with Crippen LogP contribution in [0, 0.1) is 0 Å². The lowest BCUT2D eigenvalue weighted by Crippen LogP contribution is -1.94. The number of aromatic hydroxyl groups is 2. The molecule has 2 rings (SSSR count). The Hall–Kier alpha value is -1.96. The highest BCUT2D eigenvalue weighted by Crippen LogP contribution is 2.39. The van der Waals surface area contributed by atoms with Crippen molar-refractivity contribution in [2.75, 3.05) is 0 Å². The van der Waals surface area contributed by atoms with Gasteiger partial charge in [-0.25, -0.2) is 0 Å². The SMILES string of the molecule is CCC(C)c1ccc(O)c(-c2cc(C(C)CC)ccc2O)c1. The second-order valence-electron chi connectivity index (χ2n) is 6.17. The van der Waals surface area contributed by atoms with Crippen LogP contribution in [0.15, 0.2) is 36.4 Å². The number of phenolic OH excluding ortho intramolecular Hbond substituents is 2. The molecule has 2 aromatic rings. The molecule has 0 fully saturated rings. The van der Waals surface area contributed by atoms with Crippen LogP contribution in [-0.2, 0) is 0 Å². The molecule has 0 saturated heterocycles. The van der Waals surface area contributed by atoms with Gasteiger partial charge in [0.2, 0.25) is 0 Å². The summed E-state index contributed by atoms with van der Waals surface area (Å²) in [7, 11) is 0. The number of hydrogen-bond donors (Lipinski definition) is 2. The Morgan fingerprint density at radius 1 is 0.727 bits per heavy atom. The van der Waals surface area contributed by atoms with Crippen LogP contribution in [0.5, 0.6) is 11.5 Å². The Bertz CT molecular complexity index is 589. The van der Waals surface area contributed by atoms with Gasteiger partial charge < -0.3 is 10.2 Å². The van der Waals surface area contributed by atoms with E-state index >= 15 is 0 Å².